The molecule has 1 aromatic rings. The van der Waals surface area contributed by atoms with Gasteiger partial charge in [-0.3, -0.25) is 16.3 Å². The fourth-order valence-electron chi connectivity index (χ4n) is 1.36. The summed E-state index contributed by atoms with van der Waals surface area (Å²) in [5.74, 6) is 7.53. The molecule has 0 amide bonds. The average Bonchev–Trinajstić information content (AvgIpc) is 2.26. The highest BCUT2D eigenvalue weighted by molar-refractivity contribution is 5.11. The summed E-state index contributed by atoms with van der Waals surface area (Å²) < 4.78 is 13.3. The van der Waals surface area contributed by atoms with Gasteiger partial charge in [0.15, 0.2) is 0 Å². The van der Waals surface area contributed by atoms with Gasteiger partial charge in [-0.15, -0.1) is 12.3 Å². The van der Waals surface area contributed by atoms with Crippen molar-refractivity contribution in [2.24, 2.45) is 5.84 Å². The maximum absolute atomic E-state index is 13.3. The Balaban J connectivity index is 2.66. The van der Waals surface area contributed by atoms with Gasteiger partial charge in [-0.05, 0) is 25.0 Å². The Morgan fingerprint density at radius 3 is 3.07 bits per heavy atom. The molecule has 0 radical (unpaired) electrons. The van der Waals surface area contributed by atoms with Gasteiger partial charge in [0.2, 0.25) is 0 Å². The van der Waals surface area contributed by atoms with Crippen LogP contribution in [0.5, 0.6) is 0 Å². The zero-order chi connectivity index (χ0) is 11.1. The predicted octanol–water partition coefficient (Wildman–Crippen LogP) is 1.53. The molecule has 0 fully saturated rings. The normalized spacial score (nSPS) is 12.1. The number of hydrazine groups is 1. The number of rotatable bonds is 5. The third-order valence-electron chi connectivity index (χ3n) is 2.13. The van der Waals surface area contributed by atoms with Crippen molar-refractivity contribution in [1.82, 2.24) is 10.4 Å². The van der Waals surface area contributed by atoms with E-state index in [0.717, 1.165) is 6.42 Å². The molecule has 1 heterocycles. The number of unbranched alkanes of at least 4 members (excludes halogenated alkanes) is 1. The molecule has 3 nitrogen and oxygen atoms in total. The lowest BCUT2D eigenvalue weighted by Gasteiger charge is -2.14. The Morgan fingerprint density at radius 1 is 1.67 bits per heavy atom. The van der Waals surface area contributed by atoms with Crippen LogP contribution in [0.3, 0.4) is 0 Å². The van der Waals surface area contributed by atoms with Crippen LogP contribution in [-0.2, 0) is 0 Å². The Hall–Kier alpha value is -1.44. The summed E-state index contributed by atoms with van der Waals surface area (Å²) >= 11 is 0. The molecule has 0 aliphatic heterocycles. The molecule has 4 heteroatoms. The van der Waals surface area contributed by atoms with E-state index in [4.69, 9.17) is 12.3 Å². The first-order valence-corrected chi connectivity index (χ1v) is 4.79. The van der Waals surface area contributed by atoms with Crippen LogP contribution in [0.15, 0.2) is 18.3 Å². The van der Waals surface area contributed by atoms with Gasteiger partial charge in [-0.25, -0.2) is 4.39 Å². The molecule has 1 atom stereocenters. The van der Waals surface area contributed by atoms with Gasteiger partial charge in [0.1, 0.15) is 5.82 Å². The SMILES string of the molecule is C#CCCCC(NN)c1ncccc1F. The molecular formula is C11H14FN3. The van der Waals surface area contributed by atoms with Crippen molar-refractivity contribution in [1.29, 1.82) is 0 Å². The lowest BCUT2D eigenvalue weighted by Crippen LogP contribution is -2.29. The van der Waals surface area contributed by atoms with E-state index in [1.54, 1.807) is 12.3 Å². The van der Waals surface area contributed by atoms with Crippen LogP contribution in [0, 0.1) is 18.2 Å². The molecule has 15 heavy (non-hydrogen) atoms. The van der Waals surface area contributed by atoms with Crippen molar-refractivity contribution >= 4 is 0 Å². The largest absolute Gasteiger partial charge is 0.271 e. The molecule has 0 spiro atoms. The summed E-state index contributed by atoms with van der Waals surface area (Å²) in [5, 5.41) is 0. The third-order valence-corrected chi connectivity index (χ3v) is 2.13. The first-order valence-electron chi connectivity index (χ1n) is 4.79. The van der Waals surface area contributed by atoms with Gasteiger partial charge in [0.05, 0.1) is 11.7 Å². The number of nitrogens with zero attached hydrogens (tertiary/aromatic N) is 1. The van der Waals surface area contributed by atoms with E-state index in [1.165, 1.54) is 6.07 Å². The highest BCUT2D eigenvalue weighted by Crippen LogP contribution is 2.18. The molecule has 80 valence electrons. The Morgan fingerprint density at radius 2 is 2.47 bits per heavy atom. The second-order valence-corrected chi connectivity index (χ2v) is 3.19. The summed E-state index contributed by atoms with van der Waals surface area (Å²) in [6.07, 6.45) is 8.81. The smallest absolute Gasteiger partial charge is 0.146 e. The number of hydrogen-bond donors (Lipinski definition) is 2. The van der Waals surface area contributed by atoms with Crippen LogP contribution in [0.25, 0.3) is 0 Å². The number of aromatic nitrogens is 1. The van der Waals surface area contributed by atoms with Gasteiger partial charge < -0.3 is 0 Å². The summed E-state index contributed by atoms with van der Waals surface area (Å²) in [7, 11) is 0. The number of nitrogens with one attached hydrogen (secondary N) is 1. The Labute approximate surface area is 88.9 Å². The van der Waals surface area contributed by atoms with Crippen LogP contribution in [-0.4, -0.2) is 4.98 Å². The van der Waals surface area contributed by atoms with Gasteiger partial charge in [-0.1, -0.05) is 0 Å². The third kappa shape index (κ3) is 3.31. The molecule has 0 aliphatic rings. The van der Waals surface area contributed by atoms with Gasteiger partial charge in [0.25, 0.3) is 0 Å². The molecule has 0 saturated heterocycles. The van der Waals surface area contributed by atoms with Crippen molar-refractivity contribution in [2.45, 2.75) is 25.3 Å². The predicted molar refractivity (Wildman–Crippen MR) is 56.9 cm³/mol. The van der Waals surface area contributed by atoms with E-state index in [2.05, 4.69) is 16.3 Å². The minimum Gasteiger partial charge on any atom is -0.271 e. The molecule has 0 saturated carbocycles. The van der Waals surface area contributed by atoms with Crippen LogP contribution in [0.2, 0.25) is 0 Å². The summed E-state index contributed by atoms with van der Waals surface area (Å²) in [5.41, 5.74) is 2.89. The summed E-state index contributed by atoms with van der Waals surface area (Å²) in [4.78, 5) is 3.96. The minimum atomic E-state index is -0.346. The molecule has 1 rings (SSSR count). The Kier molecular flexibility index (Phi) is 4.75. The summed E-state index contributed by atoms with van der Waals surface area (Å²) in [6, 6.07) is 2.64. The number of pyridine rings is 1. The maximum atomic E-state index is 13.3. The second-order valence-electron chi connectivity index (χ2n) is 3.19. The molecular weight excluding hydrogens is 193 g/mol. The van der Waals surface area contributed by atoms with Gasteiger partial charge in [0, 0.05) is 12.6 Å². The second kappa shape index (κ2) is 6.12. The lowest BCUT2D eigenvalue weighted by atomic mass is 10.1. The van der Waals surface area contributed by atoms with E-state index < -0.39 is 0 Å². The molecule has 0 bridgehead atoms. The van der Waals surface area contributed by atoms with E-state index in [1.807, 2.05) is 0 Å². The fourth-order valence-corrected chi connectivity index (χ4v) is 1.36. The molecule has 3 N–H and O–H groups in total. The van der Waals surface area contributed by atoms with Crippen molar-refractivity contribution in [3.63, 3.8) is 0 Å². The van der Waals surface area contributed by atoms with E-state index in [0.29, 0.717) is 18.5 Å². The lowest BCUT2D eigenvalue weighted by molar-refractivity contribution is 0.462. The van der Waals surface area contributed by atoms with Crippen molar-refractivity contribution in [3.8, 4) is 12.3 Å². The highest BCUT2D eigenvalue weighted by atomic mass is 19.1. The number of halogens is 1. The molecule has 0 aliphatic carbocycles. The van der Waals surface area contributed by atoms with Crippen LogP contribution < -0.4 is 11.3 Å². The first-order chi connectivity index (χ1) is 7.29. The number of nitrogens with two attached hydrogens (primary N) is 1. The zero-order valence-corrected chi connectivity index (χ0v) is 8.41. The monoisotopic (exact) mass is 207 g/mol. The molecule has 1 aromatic heterocycles. The quantitative estimate of drug-likeness (QED) is 0.333. The first kappa shape index (κ1) is 11.6. The highest BCUT2D eigenvalue weighted by Gasteiger charge is 2.14. The van der Waals surface area contributed by atoms with E-state index in [9.17, 15) is 4.39 Å². The average molecular weight is 207 g/mol. The standard InChI is InChI=1S/C11H14FN3/c1-2-3-4-7-10(15-13)11-9(12)6-5-8-14-11/h1,5-6,8,10,15H,3-4,7,13H2. The molecule has 1 unspecified atom stereocenters. The topological polar surface area (TPSA) is 50.9 Å². The van der Waals surface area contributed by atoms with Gasteiger partial charge in [-0.2, -0.15) is 0 Å². The van der Waals surface area contributed by atoms with Gasteiger partial charge >= 0.3 is 0 Å². The zero-order valence-electron chi connectivity index (χ0n) is 8.41. The number of hydrogen-bond acceptors (Lipinski definition) is 3. The van der Waals surface area contributed by atoms with Crippen molar-refractivity contribution < 1.29 is 4.39 Å². The van der Waals surface area contributed by atoms with Crippen molar-refractivity contribution in [3.05, 3.63) is 29.8 Å². The fraction of sp³-hybridized carbons (Fsp3) is 0.364. The van der Waals surface area contributed by atoms with E-state index in [-0.39, 0.29) is 11.9 Å². The maximum Gasteiger partial charge on any atom is 0.146 e. The van der Waals surface area contributed by atoms with Crippen molar-refractivity contribution in [2.75, 3.05) is 0 Å². The molecule has 0 aromatic carbocycles. The van der Waals surface area contributed by atoms with Crippen LogP contribution in [0.1, 0.15) is 31.0 Å². The van der Waals surface area contributed by atoms with Crippen LogP contribution >= 0.6 is 0 Å². The van der Waals surface area contributed by atoms with E-state index >= 15 is 0 Å². The Bertz CT molecular complexity index is 346. The van der Waals surface area contributed by atoms with Crippen LogP contribution in [0.4, 0.5) is 4.39 Å². The minimum absolute atomic E-state index is 0.278. The number of terminal acetylenes is 1. The summed E-state index contributed by atoms with van der Waals surface area (Å²) in [6.45, 7) is 0.